The van der Waals surface area contributed by atoms with E-state index in [0.29, 0.717) is 12.1 Å². The van der Waals surface area contributed by atoms with Gasteiger partial charge in [-0.15, -0.1) is 34.0 Å². The Morgan fingerprint density at radius 3 is 2.05 bits per heavy atom. The third kappa shape index (κ3) is 11.8. The highest BCUT2D eigenvalue weighted by atomic mass is 79.9. The Hall–Kier alpha value is -0.510. The predicted octanol–water partition coefficient (Wildman–Crippen LogP) is 1.31. The van der Waals surface area contributed by atoms with Crippen molar-refractivity contribution in [1.82, 2.24) is 16.2 Å². The van der Waals surface area contributed by atoms with E-state index in [1.807, 2.05) is 0 Å². The van der Waals surface area contributed by atoms with Crippen molar-refractivity contribution in [3.05, 3.63) is 35.4 Å². The molecule has 1 aliphatic heterocycles. The fourth-order valence-electron chi connectivity index (χ4n) is 1.58. The lowest BCUT2D eigenvalue weighted by molar-refractivity contribution is 0.0697. The molecule has 1 fully saturated rings. The second kappa shape index (κ2) is 15.9. The molecule has 1 saturated heterocycles. The fourth-order valence-corrected chi connectivity index (χ4v) is 1.58. The molecular weight excluding hydrogens is 406 g/mol. The van der Waals surface area contributed by atoms with Crippen LogP contribution in [0.4, 0.5) is 0 Å². The van der Waals surface area contributed by atoms with Crippen molar-refractivity contribution in [3.8, 4) is 0 Å². The molecule has 0 spiro atoms. The first-order valence-corrected chi connectivity index (χ1v) is 6.16. The summed E-state index contributed by atoms with van der Waals surface area (Å²) in [6.45, 7) is 3.18. The van der Waals surface area contributed by atoms with Crippen molar-refractivity contribution >= 4 is 39.9 Å². The Morgan fingerprint density at radius 1 is 1.19 bits per heavy atom. The summed E-state index contributed by atoms with van der Waals surface area (Å²) in [5.74, 6) is -0.895. The van der Waals surface area contributed by atoms with Crippen LogP contribution >= 0.6 is 34.0 Å². The number of carbonyl (C=O) groups is 1. The van der Waals surface area contributed by atoms with Gasteiger partial charge in [0.15, 0.2) is 0 Å². The molecule has 0 aliphatic carbocycles. The number of carboxylic acids is 1. The summed E-state index contributed by atoms with van der Waals surface area (Å²) in [5, 5.41) is 11.8. The number of rotatable bonds is 4. The van der Waals surface area contributed by atoms with E-state index in [1.165, 1.54) is 25.9 Å². The summed E-state index contributed by atoms with van der Waals surface area (Å²) >= 11 is 0. The molecule has 124 valence electrons. The summed E-state index contributed by atoms with van der Waals surface area (Å²) in [7, 11) is 1.78. The van der Waals surface area contributed by atoms with E-state index in [4.69, 9.17) is 5.11 Å². The summed E-state index contributed by atoms with van der Waals surface area (Å²) < 4.78 is 0. The number of halogens is 2. The van der Waals surface area contributed by atoms with Gasteiger partial charge >= 0.3 is 5.97 Å². The van der Waals surface area contributed by atoms with Crippen molar-refractivity contribution in [2.24, 2.45) is 0 Å². The molecule has 0 atom stereocenters. The zero-order valence-electron chi connectivity index (χ0n) is 12.0. The first-order chi connectivity index (χ1) is 8.74. The number of carboxylic acid groups (broad SMARTS) is 1. The summed E-state index contributed by atoms with van der Waals surface area (Å²) in [6, 6.07) is 6.76. The van der Waals surface area contributed by atoms with Crippen LogP contribution in [0.3, 0.4) is 0 Å². The van der Waals surface area contributed by atoms with Crippen molar-refractivity contribution in [2.45, 2.75) is 19.4 Å². The van der Waals surface area contributed by atoms with Gasteiger partial charge < -0.3 is 15.9 Å². The van der Waals surface area contributed by atoms with Crippen LogP contribution in [0.15, 0.2) is 24.3 Å². The molecule has 6 nitrogen and oxygen atoms in total. The van der Waals surface area contributed by atoms with Gasteiger partial charge in [0.25, 0.3) is 0 Å². The monoisotopic (exact) mass is 429 g/mol. The minimum absolute atomic E-state index is 0. The molecule has 6 N–H and O–H groups in total. The molecule has 8 heteroatoms. The molecule has 0 unspecified atom stereocenters. The van der Waals surface area contributed by atoms with Gasteiger partial charge in [-0.05, 0) is 50.7 Å². The van der Waals surface area contributed by atoms with Crippen LogP contribution in [0.1, 0.15) is 28.8 Å². The molecule has 21 heavy (non-hydrogen) atoms. The summed E-state index contributed by atoms with van der Waals surface area (Å²) in [5.41, 5.74) is 7.06. The van der Waals surface area contributed by atoms with Crippen LogP contribution < -0.4 is 16.2 Å². The SMILES string of the molecule is Br.Br.C1CCNC1.CNNCc1ccc(C(=O)O)cc1.O. The number of nitrogens with one attached hydrogen (secondary N) is 3. The number of hydrazine groups is 1. The number of hydrogen-bond donors (Lipinski definition) is 4. The molecule has 0 saturated carbocycles. The number of benzene rings is 1. The third-order valence-electron chi connectivity index (χ3n) is 2.63. The van der Waals surface area contributed by atoms with Crippen LogP contribution in [0, 0.1) is 0 Å². The minimum atomic E-state index is -0.895. The van der Waals surface area contributed by atoms with Gasteiger partial charge in [0, 0.05) is 6.54 Å². The minimum Gasteiger partial charge on any atom is -0.478 e. The van der Waals surface area contributed by atoms with Crippen LogP contribution in [0.25, 0.3) is 0 Å². The van der Waals surface area contributed by atoms with Gasteiger partial charge in [-0.2, -0.15) is 0 Å². The van der Waals surface area contributed by atoms with Crippen molar-refractivity contribution < 1.29 is 15.4 Å². The van der Waals surface area contributed by atoms with Gasteiger partial charge in [0.1, 0.15) is 0 Å². The molecule has 1 aromatic rings. The van der Waals surface area contributed by atoms with E-state index in [9.17, 15) is 4.79 Å². The molecule has 0 amide bonds. The summed E-state index contributed by atoms with van der Waals surface area (Å²) in [4.78, 5) is 10.5. The average Bonchev–Trinajstić information content (AvgIpc) is 2.96. The maximum absolute atomic E-state index is 10.5. The van der Waals surface area contributed by atoms with Gasteiger partial charge in [-0.1, -0.05) is 12.1 Å². The van der Waals surface area contributed by atoms with Crippen molar-refractivity contribution in [1.29, 1.82) is 0 Å². The first kappa shape index (κ1) is 25.4. The molecule has 2 rings (SSSR count). The average molecular weight is 431 g/mol. The first-order valence-electron chi connectivity index (χ1n) is 6.16. The molecule has 0 radical (unpaired) electrons. The van der Waals surface area contributed by atoms with E-state index >= 15 is 0 Å². The van der Waals surface area contributed by atoms with E-state index in [1.54, 1.807) is 31.3 Å². The van der Waals surface area contributed by atoms with Gasteiger partial charge in [0.2, 0.25) is 0 Å². The second-order valence-corrected chi connectivity index (χ2v) is 4.06. The zero-order chi connectivity index (χ0) is 13.2. The van der Waals surface area contributed by atoms with Crippen molar-refractivity contribution in [3.63, 3.8) is 0 Å². The lowest BCUT2D eigenvalue weighted by Crippen LogP contribution is -2.26. The van der Waals surface area contributed by atoms with Gasteiger partial charge in [-0.3, -0.25) is 10.9 Å². The smallest absolute Gasteiger partial charge is 0.335 e. The molecule has 0 bridgehead atoms. The highest BCUT2D eigenvalue weighted by molar-refractivity contribution is 8.93. The zero-order valence-corrected chi connectivity index (χ0v) is 15.4. The second-order valence-electron chi connectivity index (χ2n) is 4.06. The van der Waals surface area contributed by atoms with Gasteiger partial charge in [-0.25, -0.2) is 4.79 Å². The van der Waals surface area contributed by atoms with E-state index < -0.39 is 5.97 Å². The standard InChI is InChI=1S/C9H12N2O2.C4H9N.2BrH.H2O/c1-10-11-6-7-2-4-8(5-3-7)9(12)13;1-2-4-5-3-1;;;/h2-5,10-11H,6H2,1H3,(H,12,13);5H,1-4H2;2*1H;1H2. The predicted molar refractivity (Wildman–Crippen MR) is 95.7 cm³/mol. The lowest BCUT2D eigenvalue weighted by atomic mass is 10.1. The van der Waals surface area contributed by atoms with Gasteiger partial charge in [0.05, 0.1) is 5.56 Å². The maximum atomic E-state index is 10.5. The number of hydrogen-bond acceptors (Lipinski definition) is 4. The molecule has 1 aromatic carbocycles. The van der Waals surface area contributed by atoms with Crippen molar-refractivity contribution in [2.75, 3.05) is 20.1 Å². The Balaban J connectivity index is -0.000000349. The van der Waals surface area contributed by atoms with Crippen LogP contribution in [-0.2, 0) is 6.54 Å². The quantitative estimate of drug-likeness (QED) is 0.539. The molecule has 1 aliphatic rings. The fraction of sp³-hybridized carbons (Fsp3) is 0.462. The Bertz CT molecular complexity index is 353. The highest BCUT2D eigenvalue weighted by Gasteiger charge is 2.00. The van der Waals surface area contributed by atoms with Crippen LogP contribution in [0.5, 0.6) is 0 Å². The Labute approximate surface area is 146 Å². The Kier molecular flexibility index (Phi) is 19.2. The van der Waals surface area contributed by atoms with Crippen LogP contribution in [0.2, 0.25) is 0 Å². The van der Waals surface area contributed by atoms with E-state index in [-0.39, 0.29) is 39.4 Å². The topological polar surface area (TPSA) is 105 Å². The maximum Gasteiger partial charge on any atom is 0.335 e. The lowest BCUT2D eigenvalue weighted by Gasteiger charge is -2.02. The van der Waals surface area contributed by atoms with Crippen LogP contribution in [-0.4, -0.2) is 36.7 Å². The number of aromatic carboxylic acids is 1. The Morgan fingerprint density at radius 2 is 1.71 bits per heavy atom. The molecular formula is C13H25Br2N3O3. The van der Waals surface area contributed by atoms with E-state index in [0.717, 1.165) is 5.56 Å². The largest absolute Gasteiger partial charge is 0.478 e. The third-order valence-corrected chi connectivity index (χ3v) is 2.63. The molecule has 0 aromatic heterocycles. The highest BCUT2D eigenvalue weighted by Crippen LogP contribution is 2.03. The van der Waals surface area contributed by atoms with E-state index in [2.05, 4.69) is 16.2 Å². The summed E-state index contributed by atoms with van der Waals surface area (Å²) in [6.07, 6.45) is 2.78. The molecule has 1 heterocycles. The normalized spacial score (nSPS) is 11.9.